The van der Waals surface area contributed by atoms with E-state index in [4.69, 9.17) is 16.3 Å². The first kappa shape index (κ1) is 20.8. The van der Waals surface area contributed by atoms with E-state index in [9.17, 15) is 9.18 Å². The molecule has 9 heteroatoms. The van der Waals surface area contributed by atoms with Crippen LogP contribution in [0.25, 0.3) is 11.4 Å². The van der Waals surface area contributed by atoms with Gasteiger partial charge >= 0.3 is 0 Å². The molecule has 3 aromatic rings. The number of halogens is 2. The molecular weight excluding hydrogens is 427 g/mol. The number of anilines is 1. The zero-order valence-electron chi connectivity index (χ0n) is 16.1. The molecule has 2 heterocycles. The first-order valence-electron chi connectivity index (χ1n) is 9.57. The van der Waals surface area contributed by atoms with Crippen LogP contribution in [0.2, 0.25) is 5.02 Å². The second-order valence-electron chi connectivity index (χ2n) is 6.91. The van der Waals surface area contributed by atoms with E-state index in [0.29, 0.717) is 28.2 Å². The molecule has 1 N–H and O–H groups in total. The summed E-state index contributed by atoms with van der Waals surface area (Å²) in [6.07, 6.45) is 2.05. The highest BCUT2D eigenvalue weighted by Gasteiger charge is 2.22. The predicted molar refractivity (Wildman–Crippen MR) is 115 cm³/mol. The molecule has 156 valence electrons. The lowest BCUT2D eigenvalue weighted by Crippen LogP contribution is -2.18. The van der Waals surface area contributed by atoms with Gasteiger partial charge in [-0.3, -0.25) is 9.36 Å². The Labute approximate surface area is 182 Å². The summed E-state index contributed by atoms with van der Waals surface area (Å²) in [4.78, 5) is 12.4. The Morgan fingerprint density at radius 1 is 1.27 bits per heavy atom. The number of rotatable bonds is 7. The summed E-state index contributed by atoms with van der Waals surface area (Å²) in [7, 11) is 0. The van der Waals surface area contributed by atoms with E-state index in [1.165, 1.54) is 23.9 Å². The Morgan fingerprint density at radius 2 is 2.10 bits per heavy atom. The number of benzene rings is 2. The minimum absolute atomic E-state index is 0.0693. The third kappa shape index (κ3) is 5.19. The highest BCUT2D eigenvalue weighted by Crippen LogP contribution is 2.27. The van der Waals surface area contributed by atoms with E-state index in [1.807, 2.05) is 4.57 Å². The van der Waals surface area contributed by atoms with Crippen molar-refractivity contribution in [2.75, 3.05) is 17.7 Å². The van der Waals surface area contributed by atoms with Crippen LogP contribution in [-0.2, 0) is 16.1 Å². The summed E-state index contributed by atoms with van der Waals surface area (Å²) in [5.41, 5.74) is 1.40. The van der Waals surface area contributed by atoms with E-state index >= 15 is 0 Å². The second kappa shape index (κ2) is 9.59. The molecule has 1 fully saturated rings. The zero-order chi connectivity index (χ0) is 20.9. The van der Waals surface area contributed by atoms with Crippen LogP contribution in [0.1, 0.15) is 12.8 Å². The summed E-state index contributed by atoms with van der Waals surface area (Å²) >= 11 is 7.26. The van der Waals surface area contributed by atoms with Crippen molar-refractivity contribution in [3.8, 4) is 11.4 Å². The number of carbonyl (C=O) groups excluding carboxylic acids is 1. The predicted octanol–water partition coefficient (Wildman–Crippen LogP) is 4.65. The number of nitrogens with one attached hydrogen (secondary N) is 1. The van der Waals surface area contributed by atoms with E-state index in [0.717, 1.165) is 25.0 Å². The van der Waals surface area contributed by atoms with E-state index in [2.05, 4.69) is 15.5 Å². The molecule has 1 aliphatic rings. The van der Waals surface area contributed by atoms with E-state index < -0.39 is 0 Å². The van der Waals surface area contributed by atoms with Crippen LogP contribution in [0.4, 0.5) is 10.1 Å². The summed E-state index contributed by atoms with van der Waals surface area (Å²) in [6, 6.07) is 13.1. The molecule has 0 saturated carbocycles. The van der Waals surface area contributed by atoms with Gasteiger partial charge in [-0.2, -0.15) is 0 Å². The molecule has 0 aliphatic carbocycles. The van der Waals surface area contributed by atoms with Gasteiger partial charge in [0, 0.05) is 22.9 Å². The molecule has 0 bridgehead atoms. The molecule has 1 amide bonds. The minimum atomic E-state index is -0.309. The van der Waals surface area contributed by atoms with Gasteiger partial charge in [0.25, 0.3) is 0 Å². The highest BCUT2D eigenvalue weighted by molar-refractivity contribution is 7.99. The quantitative estimate of drug-likeness (QED) is 0.535. The van der Waals surface area contributed by atoms with Crippen LogP contribution in [0, 0.1) is 5.82 Å². The fraction of sp³-hybridized carbons (Fsp3) is 0.286. The molecular formula is C21H20ClFN4O2S. The van der Waals surface area contributed by atoms with Crippen LogP contribution < -0.4 is 5.32 Å². The number of carbonyl (C=O) groups is 1. The van der Waals surface area contributed by atoms with Crippen LogP contribution >= 0.6 is 23.4 Å². The number of hydrogen-bond donors (Lipinski definition) is 1. The lowest BCUT2D eigenvalue weighted by Gasteiger charge is -2.14. The van der Waals surface area contributed by atoms with Crippen molar-refractivity contribution in [1.82, 2.24) is 14.8 Å². The van der Waals surface area contributed by atoms with Crippen molar-refractivity contribution >= 4 is 35.0 Å². The van der Waals surface area contributed by atoms with Crippen LogP contribution in [-0.4, -0.2) is 39.1 Å². The van der Waals surface area contributed by atoms with Crippen molar-refractivity contribution < 1.29 is 13.9 Å². The third-order valence-corrected chi connectivity index (χ3v) is 5.87. The number of aromatic nitrogens is 3. The van der Waals surface area contributed by atoms with Gasteiger partial charge in [0.1, 0.15) is 5.82 Å². The molecule has 1 aliphatic heterocycles. The topological polar surface area (TPSA) is 69.0 Å². The first-order chi connectivity index (χ1) is 14.6. The Kier molecular flexibility index (Phi) is 6.66. The molecule has 2 aromatic carbocycles. The van der Waals surface area contributed by atoms with Gasteiger partial charge < -0.3 is 10.1 Å². The zero-order valence-corrected chi connectivity index (χ0v) is 17.6. The van der Waals surface area contributed by atoms with Gasteiger partial charge in [-0.25, -0.2) is 4.39 Å². The minimum Gasteiger partial charge on any atom is -0.376 e. The fourth-order valence-corrected chi connectivity index (χ4v) is 4.20. The summed E-state index contributed by atoms with van der Waals surface area (Å²) < 4.78 is 21.0. The Morgan fingerprint density at radius 3 is 2.83 bits per heavy atom. The summed E-state index contributed by atoms with van der Waals surface area (Å²) in [5, 5.41) is 12.6. The van der Waals surface area contributed by atoms with Gasteiger partial charge in [0.15, 0.2) is 11.0 Å². The van der Waals surface area contributed by atoms with Crippen molar-refractivity contribution in [3.63, 3.8) is 0 Å². The Hall–Kier alpha value is -2.42. The molecule has 30 heavy (non-hydrogen) atoms. The van der Waals surface area contributed by atoms with Gasteiger partial charge in [0.05, 0.1) is 18.4 Å². The van der Waals surface area contributed by atoms with Gasteiger partial charge in [-0.05, 0) is 55.3 Å². The van der Waals surface area contributed by atoms with Crippen LogP contribution in [0.3, 0.4) is 0 Å². The summed E-state index contributed by atoms with van der Waals surface area (Å²) in [6.45, 7) is 1.32. The SMILES string of the molecule is O=C(CSc1nnc(-c2ccc(F)cc2)n1C[C@H]1CCCO1)Nc1cccc(Cl)c1. The molecule has 1 aromatic heterocycles. The molecule has 4 rings (SSSR count). The standard InChI is InChI=1S/C21H20ClFN4O2S/c22-15-3-1-4-17(11-15)24-19(28)13-30-21-26-25-20(14-6-8-16(23)9-7-14)27(21)12-18-5-2-10-29-18/h1,3-4,6-9,11,18H,2,5,10,12-13H2,(H,24,28)/t18-/m1/s1. The lowest BCUT2D eigenvalue weighted by molar-refractivity contribution is -0.113. The normalized spacial score (nSPS) is 16.0. The highest BCUT2D eigenvalue weighted by atomic mass is 35.5. The third-order valence-electron chi connectivity index (χ3n) is 4.67. The number of hydrogen-bond acceptors (Lipinski definition) is 5. The van der Waals surface area contributed by atoms with Crippen molar-refractivity contribution in [1.29, 1.82) is 0 Å². The summed E-state index contributed by atoms with van der Waals surface area (Å²) in [5.74, 6) is 0.316. The maximum atomic E-state index is 13.3. The monoisotopic (exact) mass is 446 g/mol. The lowest BCUT2D eigenvalue weighted by atomic mass is 10.2. The van der Waals surface area contributed by atoms with Gasteiger partial charge in [0.2, 0.25) is 5.91 Å². The average molecular weight is 447 g/mol. The van der Waals surface area contributed by atoms with E-state index in [-0.39, 0.29) is 23.6 Å². The fourth-order valence-electron chi connectivity index (χ4n) is 3.26. The number of nitrogens with zero attached hydrogens (tertiary/aromatic N) is 3. The number of thioether (sulfide) groups is 1. The number of ether oxygens (including phenoxy) is 1. The Balaban J connectivity index is 1.50. The maximum Gasteiger partial charge on any atom is 0.234 e. The molecule has 0 unspecified atom stereocenters. The van der Waals surface area contributed by atoms with E-state index in [1.54, 1.807) is 36.4 Å². The second-order valence-corrected chi connectivity index (χ2v) is 8.28. The van der Waals surface area contributed by atoms with Crippen molar-refractivity contribution in [3.05, 3.63) is 59.4 Å². The molecule has 6 nitrogen and oxygen atoms in total. The number of amides is 1. The smallest absolute Gasteiger partial charge is 0.234 e. The maximum absolute atomic E-state index is 13.3. The molecule has 0 spiro atoms. The molecule has 1 saturated heterocycles. The van der Waals surface area contributed by atoms with Crippen molar-refractivity contribution in [2.24, 2.45) is 0 Å². The largest absolute Gasteiger partial charge is 0.376 e. The average Bonchev–Trinajstić information content (AvgIpc) is 3.38. The van der Waals surface area contributed by atoms with Gasteiger partial charge in [-0.1, -0.05) is 29.4 Å². The molecule has 1 atom stereocenters. The Bertz CT molecular complexity index is 1020. The van der Waals surface area contributed by atoms with Gasteiger partial charge in [-0.15, -0.1) is 10.2 Å². The molecule has 0 radical (unpaired) electrons. The van der Waals surface area contributed by atoms with Crippen LogP contribution in [0.15, 0.2) is 53.7 Å². The van der Waals surface area contributed by atoms with Crippen LogP contribution in [0.5, 0.6) is 0 Å². The first-order valence-corrected chi connectivity index (χ1v) is 10.9. The van der Waals surface area contributed by atoms with Crippen molar-refractivity contribution in [2.45, 2.75) is 30.6 Å².